The van der Waals surface area contributed by atoms with Gasteiger partial charge in [-0.3, -0.25) is 26.2 Å². The lowest BCUT2D eigenvalue weighted by atomic mass is 9.93. The molecule has 8 amide bonds. The largest absolute Gasteiger partial charge is 0.508 e. The molecule has 1 aliphatic heterocycles. The van der Waals surface area contributed by atoms with Crippen molar-refractivity contribution in [2.75, 3.05) is 34.4 Å². The number of thiophene rings is 8. The molecule has 145 heavy (non-hydrogen) atoms. The number of anilines is 4. The number of urea groups is 4. The number of amides is 8. The predicted octanol–water partition coefficient (Wildman–Crippen LogP) is 27.8. The van der Waals surface area contributed by atoms with Crippen molar-refractivity contribution in [3.8, 4) is 42.8 Å². The molecule has 774 valence electrons. The highest BCUT2D eigenvalue weighted by Gasteiger charge is 2.42. The van der Waals surface area contributed by atoms with E-state index in [9.17, 15) is 61.7 Å². The normalized spacial score (nSPS) is 15.2. The number of aromatic hydroxyl groups is 2. The zero-order valence-corrected chi connectivity index (χ0v) is 91.6. The van der Waals surface area contributed by atoms with Crippen molar-refractivity contribution in [1.82, 2.24) is 26.2 Å². The number of benzene rings is 3. The number of rotatable bonds is 20. The van der Waals surface area contributed by atoms with Crippen LogP contribution in [0.5, 0.6) is 11.5 Å². The summed E-state index contributed by atoms with van der Waals surface area (Å²) in [6.07, 6.45) is 22.5. The average Bonchev–Trinajstić information content (AvgIpc) is 1.63. The molecule has 8 aliphatic rings. The number of likely N-dealkylation sites (N-methyl/N-ethyl adjacent to an activating group) is 1. The van der Waals surface area contributed by atoms with Gasteiger partial charge in [-0.25, -0.2) is 38.4 Å². The van der Waals surface area contributed by atoms with Gasteiger partial charge in [0.15, 0.2) is 0 Å². The average molecular weight is 2130 g/mol. The van der Waals surface area contributed by atoms with Crippen LogP contribution in [0.2, 0.25) is 0 Å². The highest BCUT2D eigenvalue weighted by atomic mass is 32.1. The van der Waals surface area contributed by atoms with Crippen molar-refractivity contribution in [3.63, 3.8) is 0 Å². The summed E-state index contributed by atoms with van der Waals surface area (Å²) in [6, 6.07) is 21.5. The molecule has 8 aromatic heterocycles. The number of aryl methyl sites for hydroxylation is 8. The van der Waals surface area contributed by atoms with Crippen LogP contribution in [0.15, 0.2) is 72.8 Å². The van der Waals surface area contributed by atoms with Crippen LogP contribution in [0.4, 0.5) is 52.4 Å². The number of fused-ring (bicyclic) bond motifs is 8. The molecule has 0 saturated heterocycles. The molecule has 7 aliphatic carbocycles. The molecule has 11 aromatic rings. The second-order valence-corrected chi connectivity index (χ2v) is 50.9. The minimum absolute atomic E-state index is 0.143. The molecule has 0 atom stereocenters. The Morgan fingerprint density at radius 2 is 0.655 bits per heavy atom. The summed E-state index contributed by atoms with van der Waals surface area (Å²) in [7, 11) is 0. The highest BCUT2D eigenvalue weighted by Crippen LogP contribution is 2.50. The molecule has 0 radical (unpaired) electrons. The number of ether oxygens (including phenoxy) is 4. The van der Waals surface area contributed by atoms with Crippen molar-refractivity contribution in [2.24, 2.45) is 0 Å². The number of hydrogen-bond donors (Lipinski definition) is 10. The minimum atomic E-state index is -4.48. The van der Waals surface area contributed by atoms with Crippen molar-refractivity contribution in [3.05, 3.63) is 211 Å². The Hall–Kier alpha value is -10.4. The Balaban J connectivity index is 0.000000139. The summed E-state index contributed by atoms with van der Waals surface area (Å²) in [5, 5.41) is 45.4. The standard InChI is InChI=1S/C30H36N2O3S2.C29H34N2O4S2.C28H32N2O4S2.C24H30F3N3O3S2/c1-18-11-5-6-12-19(18)26-22(20-13-7-9-15-23(20)36-26)17-31-29(34)32-27-25(28(33)35-30(2,3)4)21-14-8-10-16-24(21)37-27;1-29(2,3)35-27(33)24-20-12-5-7-14-23(20)37-26(24)31-28(34)30-16-21-19-11-4-6-13-22(19)36-25(21)17-9-8-10-18(32)15-17;1-28(2,3)34-26(32)23-19-8-6-10-22(19)36-25(23)30-27(33)29-15-20-18-7-4-5-9-21(18)35-24(20)16-11-13-17(31)14-12-16;1-5-30-10-9-13-15(19(24(25,26)27)34-17(13)12-30)11-28-22(32)29-20-18(21(31)33-23(2,3)4)14-7-6-8-16(14)35-20/h5-6,11-12H,7-10,13-17H2,1-4H3,(H2,31,32,34);8-10,15,32H,4-7,11-14,16H2,1-3H3,(H2,30,31,34);11-14,31H,4-10,15H2,1-3H3,(H2,29,30,33);5-12H2,1-4H3,(H2,28,29,32). The van der Waals surface area contributed by atoms with Gasteiger partial charge >= 0.3 is 54.2 Å². The first-order valence-corrected chi connectivity index (χ1v) is 57.2. The van der Waals surface area contributed by atoms with Gasteiger partial charge in [-0.15, -0.1) is 90.7 Å². The summed E-state index contributed by atoms with van der Waals surface area (Å²) < 4.78 is 64.0. The molecule has 0 saturated carbocycles. The topological polar surface area (TPSA) is 313 Å². The van der Waals surface area contributed by atoms with E-state index in [4.69, 9.17) is 18.9 Å². The molecule has 0 spiro atoms. The first kappa shape index (κ1) is 107. The van der Waals surface area contributed by atoms with Crippen LogP contribution in [-0.2, 0) is 154 Å². The van der Waals surface area contributed by atoms with E-state index in [0.717, 1.165) is 223 Å². The second-order valence-electron chi connectivity index (χ2n) is 42.1. The van der Waals surface area contributed by atoms with Crippen molar-refractivity contribution >= 4 is 159 Å². The third-order valence-electron chi connectivity index (χ3n) is 26.6. The zero-order chi connectivity index (χ0) is 103. The SMILES string of the molecule is CC(C)(C)OC(=O)c1c(NC(=O)NCc2c(-c3ccc(O)cc3)sc3c2CCCC3)sc2c1CCC2.CC(C)(C)OC(=O)c1c(NC(=O)NCc2c(-c3cccc(O)c3)sc3c2CCCC3)sc2c1CCCC2.CCN1CCc2c(sc(C(F)(F)F)c2CNC(=O)Nc2sc3c(c2C(=O)OC(C)(C)C)CCC3)C1.Cc1ccccc1-c1sc2c(c1CNC(=O)Nc1sc3c(c1C(=O)OC(C)(C)C)CCCC3)CCCC2. The van der Waals surface area contributed by atoms with Gasteiger partial charge in [0.25, 0.3) is 0 Å². The van der Waals surface area contributed by atoms with Gasteiger partial charge in [0, 0.05) is 92.9 Å². The van der Waals surface area contributed by atoms with Gasteiger partial charge in [-0.05, 0) is 395 Å². The maximum Gasteiger partial charge on any atom is 0.425 e. The molecule has 0 bridgehead atoms. The Morgan fingerprint density at radius 1 is 0.338 bits per heavy atom. The van der Waals surface area contributed by atoms with Gasteiger partial charge in [-0.1, -0.05) is 43.3 Å². The molecule has 9 heterocycles. The molecular weight excluding hydrogens is 2000 g/mol. The van der Waals surface area contributed by atoms with E-state index in [2.05, 4.69) is 78.6 Å². The monoisotopic (exact) mass is 2130 g/mol. The van der Waals surface area contributed by atoms with E-state index in [-0.39, 0.29) is 59.6 Å². The Labute approximate surface area is 878 Å². The van der Waals surface area contributed by atoms with E-state index >= 15 is 0 Å². The van der Waals surface area contributed by atoms with Gasteiger partial charge in [-0.2, -0.15) is 13.2 Å². The summed E-state index contributed by atoms with van der Waals surface area (Å²) in [6.45, 7) is 29.2. The fraction of sp³-hybridized carbons (Fsp3) is 0.477. The lowest BCUT2D eigenvalue weighted by Gasteiger charge is -2.25. The number of alkyl halides is 3. The zero-order valence-electron chi connectivity index (χ0n) is 85.1. The molecular formula is C111H132F3N9O14S8. The van der Waals surface area contributed by atoms with Crippen LogP contribution in [-0.4, -0.2) is 98.6 Å². The number of hydrogen-bond acceptors (Lipinski definition) is 23. The van der Waals surface area contributed by atoms with Crippen LogP contribution in [0.25, 0.3) is 31.3 Å². The first-order valence-electron chi connectivity index (χ1n) is 50.7. The van der Waals surface area contributed by atoms with Gasteiger partial charge in [0.05, 0.1) is 22.3 Å². The van der Waals surface area contributed by atoms with Crippen molar-refractivity contribution in [1.29, 1.82) is 0 Å². The number of nitrogens with zero attached hydrogens (tertiary/aromatic N) is 1. The van der Waals surface area contributed by atoms with Gasteiger partial charge in [0.1, 0.15) is 58.8 Å². The lowest BCUT2D eigenvalue weighted by Crippen LogP contribution is -2.32. The predicted molar refractivity (Wildman–Crippen MR) is 580 cm³/mol. The fourth-order valence-electron chi connectivity index (χ4n) is 20.2. The second kappa shape index (κ2) is 45.7. The van der Waals surface area contributed by atoms with E-state index in [1.807, 2.05) is 105 Å². The fourth-order valence-corrected chi connectivity index (χ4v) is 30.9. The van der Waals surface area contributed by atoms with Crippen LogP contribution in [0, 0.1) is 6.92 Å². The number of carbonyl (C=O) groups is 8. The molecule has 3 aromatic carbocycles. The number of halogens is 3. The first-order chi connectivity index (χ1) is 69.0. The summed E-state index contributed by atoms with van der Waals surface area (Å²) >= 11 is 12.0. The lowest BCUT2D eigenvalue weighted by molar-refractivity contribution is -0.135. The smallest absolute Gasteiger partial charge is 0.425 e. The Morgan fingerprint density at radius 3 is 1.01 bits per heavy atom. The highest BCUT2D eigenvalue weighted by molar-refractivity contribution is 7.19. The summed E-state index contributed by atoms with van der Waals surface area (Å²) in [5.41, 5.74) is 16.4. The number of phenolic OH excluding ortho intramolecular Hbond substituents is 2. The van der Waals surface area contributed by atoms with Gasteiger partial charge in [0.2, 0.25) is 0 Å². The third-order valence-corrected chi connectivity index (χ3v) is 36.9. The van der Waals surface area contributed by atoms with Crippen LogP contribution < -0.4 is 42.5 Å². The Bertz CT molecular complexity index is 6670. The number of nitrogens with one attached hydrogen (secondary N) is 8. The number of esters is 4. The molecule has 0 fully saturated rings. The van der Waals surface area contributed by atoms with Crippen LogP contribution >= 0.6 is 90.7 Å². The van der Waals surface area contributed by atoms with Crippen molar-refractivity contribution in [2.45, 2.75) is 332 Å². The maximum absolute atomic E-state index is 13.8. The molecule has 23 nitrogen and oxygen atoms in total. The quantitative estimate of drug-likeness (QED) is 0.0250. The Kier molecular flexibility index (Phi) is 33.8. The third kappa shape index (κ3) is 26.3. The number of phenols is 2. The van der Waals surface area contributed by atoms with E-state index in [1.54, 1.807) is 67.7 Å². The van der Waals surface area contributed by atoms with Crippen LogP contribution in [0.3, 0.4) is 0 Å². The number of carbonyl (C=O) groups excluding carboxylic acids is 8. The molecule has 34 heteroatoms. The summed E-state index contributed by atoms with van der Waals surface area (Å²) in [5.74, 6) is -1.13. The maximum atomic E-state index is 13.8. The minimum Gasteiger partial charge on any atom is -0.508 e. The van der Waals surface area contributed by atoms with E-state index in [0.29, 0.717) is 91.8 Å². The summed E-state index contributed by atoms with van der Waals surface area (Å²) in [4.78, 5) is 119. The molecule has 10 N–H and O–H groups in total. The molecule has 19 rings (SSSR count). The van der Waals surface area contributed by atoms with E-state index < -0.39 is 45.5 Å². The van der Waals surface area contributed by atoms with Gasteiger partial charge < -0.3 is 50.4 Å². The van der Waals surface area contributed by atoms with Crippen LogP contribution in [0.1, 0.15) is 325 Å². The van der Waals surface area contributed by atoms with Crippen molar-refractivity contribution < 1.29 is 80.7 Å². The molecule has 0 unspecified atom stereocenters. The van der Waals surface area contributed by atoms with E-state index in [1.165, 1.54) is 134 Å².